The molecule has 2 aliphatic rings. The van der Waals surface area contributed by atoms with Crippen molar-refractivity contribution in [2.45, 2.75) is 76.8 Å². The predicted octanol–water partition coefficient (Wildman–Crippen LogP) is 0.842. The summed E-state index contributed by atoms with van der Waals surface area (Å²) >= 11 is 0. The number of nitrogens with zero attached hydrogens (tertiary/aromatic N) is 3. The summed E-state index contributed by atoms with van der Waals surface area (Å²) in [6, 6.07) is 1.79. The third kappa shape index (κ3) is 5.63. The van der Waals surface area contributed by atoms with Gasteiger partial charge in [-0.1, -0.05) is 25.3 Å². The Morgan fingerprint density at radius 2 is 1.88 bits per heavy atom. The molecule has 32 heavy (non-hydrogen) atoms. The third-order valence-electron chi connectivity index (χ3n) is 6.07. The van der Waals surface area contributed by atoms with E-state index in [1.54, 1.807) is 6.07 Å². The zero-order valence-electron chi connectivity index (χ0n) is 18.6. The Morgan fingerprint density at radius 3 is 2.53 bits per heavy atom. The first-order chi connectivity index (χ1) is 15.1. The van der Waals surface area contributed by atoms with E-state index >= 15 is 0 Å². The Labute approximate surface area is 189 Å². The highest BCUT2D eigenvalue weighted by atomic mass is 32.2. The second kappa shape index (κ2) is 9.95. The van der Waals surface area contributed by atoms with Gasteiger partial charge in [0.15, 0.2) is 5.84 Å². The van der Waals surface area contributed by atoms with E-state index in [0.717, 1.165) is 36.9 Å². The van der Waals surface area contributed by atoms with Crippen LogP contribution < -0.4 is 16.2 Å². The highest BCUT2D eigenvalue weighted by Crippen LogP contribution is 2.33. The van der Waals surface area contributed by atoms with Crippen LogP contribution in [0.4, 0.5) is 0 Å². The monoisotopic (exact) mass is 464 g/mol. The maximum Gasteiger partial charge on any atom is 0.346 e. The molecule has 3 rings (SSSR count). The lowest BCUT2D eigenvalue weighted by Gasteiger charge is -2.25. The number of pyridine rings is 1. The number of carbonyl (C=O) groups is 2. The lowest BCUT2D eigenvalue weighted by Crippen LogP contribution is -2.51. The molecule has 1 saturated carbocycles. The molecule has 1 aromatic heterocycles. The average Bonchev–Trinajstić information content (AvgIpc) is 3.23. The Bertz CT molecular complexity index is 1000. The van der Waals surface area contributed by atoms with Crippen LogP contribution in [0.2, 0.25) is 0 Å². The van der Waals surface area contributed by atoms with Crippen LogP contribution in [0.1, 0.15) is 74.7 Å². The molecule has 0 bridgehead atoms. The van der Waals surface area contributed by atoms with Crippen LogP contribution in [0, 0.1) is 6.92 Å². The largest absolute Gasteiger partial charge is 0.381 e. The van der Waals surface area contributed by atoms with Crippen LogP contribution in [0.3, 0.4) is 0 Å². The molecule has 0 radical (unpaired) electrons. The van der Waals surface area contributed by atoms with Crippen molar-refractivity contribution in [2.24, 2.45) is 15.9 Å². The van der Waals surface area contributed by atoms with E-state index in [4.69, 9.17) is 11.5 Å². The first-order valence-corrected chi connectivity index (χ1v) is 12.5. The van der Waals surface area contributed by atoms with E-state index in [0.29, 0.717) is 25.3 Å². The Balaban J connectivity index is 1.75. The molecule has 5 N–H and O–H groups in total. The van der Waals surface area contributed by atoms with E-state index in [9.17, 15) is 18.0 Å². The normalized spacial score (nSPS) is 21.4. The number of likely N-dealkylation sites (tertiary alicyclic amines) is 1. The molecule has 2 fully saturated rings. The zero-order chi connectivity index (χ0) is 23.5. The molecule has 1 saturated heterocycles. The van der Waals surface area contributed by atoms with E-state index in [2.05, 4.69) is 9.38 Å². The SMILES string of the molecule is Cc1ccc(C(N)=NS(=O)(=O)NC(=O)[C@@H]2CCCN2C(=O)[C@H](C)N)nc1C1CCCCC1. The van der Waals surface area contributed by atoms with E-state index in [-0.39, 0.29) is 11.5 Å². The van der Waals surface area contributed by atoms with Crippen LogP contribution in [0.5, 0.6) is 0 Å². The predicted molar refractivity (Wildman–Crippen MR) is 121 cm³/mol. The van der Waals surface area contributed by atoms with Crippen LogP contribution in [-0.2, 0) is 19.8 Å². The molecular formula is C21H32N6O4S. The molecule has 0 aromatic carbocycles. The van der Waals surface area contributed by atoms with Crippen molar-refractivity contribution >= 4 is 27.9 Å². The average molecular weight is 465 g/mol. The first kappa shape index (κ1) is 24.1. The lowest BCUT2D eigenvalue weighted by molar-refractivity contribution is -0.138. The molecule has 2 atom stereocenters. The fourth-order valence-corrected chi connectivity index (χ4v) is 5.22. The fraction of sp³-hybridized carbons (Fsp3) is 0.619. The van der Waals surface area contributed by atoms with Gasteiger partial charge in [-0.15, -0.1) is 4.40 Å². The fourth-order valence-electron chi connectivity index (χ4n) is 4.44. The lowest BCUT2D eigenvalue weighted by atomic mass is 9.85. The van der Waals surface area contributed by atoms with Gasteiger partial charge in [-0.3, -0.25) is 9.59 Å². The quantitative estimate of drug-likeness (QED) is 0.415. The van der Waals surface area contributed by atoms with Crippen LogP contribution in [0.25, 0.3) is 0 Å². The summed E-state index contributed by atoms with van der Waals surface area (Å²) in [5.74, 6) is -1.20. The maximum absolute atomic E-state index is 12.6. The summed E-state index contributed by atoms with van der Waals surface area (Å²) in [6.45, 7) is 3.84. The second-order valence-corrected chi connectivity index (χ2v) is 9.97. The van der Waals surface area contributed by atoms with Crippen molar-refractivity contribution < 1.29 is 18.0 Å². The Kier molecular flexibility index (Phi) is 7.50. The number of aromatic nitrogens is 1. The number of carbonyl (C=O) groups excluding carboxylic acids is 2. The molecule has 1 aliphatic carbocycles. The van der Waals surface area contributed by atoms with Gasteiger partial charge in [0.05, 0.1) is 6.04 Å². The molecule has 176 valence electrons. The van der Waals surface area contributed by atoms with Gasteiger partial charge >= 0.3 is 10.2 Å². The minimum absolute atomic E-state index is 0.253. The summed E-state index contributed by atoms with van der Waals surface area (Å²) in [4.78, 5) is 30.7. The molecule has 11 heteroatoms. The van der Waals surface area contributed by atoms with E-state index in [1.807, 2.05) is 17.7 Å². The van der Waals surface area contributed by atoms with Crippen molar-refractivity contribution in [3.8, 4) is 0 Å². The summed E-state index contributed by atoms with van der Waals surface area (Å²) in [6.07, 6.45) is 6.52. The van der Waals surface area contributed by atoms with Crippen molar-refractivity contribution in [3.63, 3.8) is 0 Å². The minimum atomic E-state index is -4.43. The van der Waals surface area contributed by atoms with Crippen molar-refractivity contribution in [3.05, 3.63) is 29.1 Å². The number of rotatable bonds is 6. The summed E-state index contributed by atoms with van der Waals surface area (Å²) < 4.78 is 30.5. The van der Waals surface area contributed by atoms with Gasteiger partial charge in [-0.05, 0) is 51.2 Å². The third-order valence-corrected chi connectivity index (χ3v) is 6.96. The number of amides is 2. The highest BCUT2D eigenvalue weighted by Gasteiger charge is 2.36. The highest BCUT2D eigenvalue weighted by molar-refractivity contribution is 7.88. The van der Waals surface area contributed by atoms with Crippen LogP contribution >= 0.6 is 0 Å². The number of hydrogen-bond acceptors (Lipinski definition) is 6. The number of nitrogens with one attached hydrogen (secondary N) is 1. The summed E-state index contributed by atoms with van der Waals surface area (Å²) in [7, 11) is -4.43. The molecule has 10 nitrogen and oxygen atoms in total. The van der Waals surface area contributed by atoms with Crippen molar-refractivity contribution in [2.75, 3.05) is 6.54 Å². The first-order valence-electron chi connectivity index (χ1n) is 11.0. The Morgan fingerprint density at radius 1 is 1.19 bits per heavy atom. The number of hydrogen-bond donors (Lipinski definition) is 3. The minimum Gasteiger partial charge on any atom is -0.381 e. The van der Waals surface area contributed by atoms with Gasteiger partial charge in [0, 0.05) is 18.2 Å². The van der Waals surface area contributed by atoms with Gasteiger partial charge < -0.3 is 16.4 Å². The molecule has 2 amide bonds. The summed E-state index contributed by atoms with van der Waals surface area (Å²) in [5, 5.41) is 0. The van der Waals surface area contributed by atoms with Gasteiger partial charge in [0.2, 0.25) is 5.91 Å². The number of nitrogens with two attached hydrogens (primary N) is 2. The molecule has 0 spiro atoms. The number of aryl methyl sites for hydroxylation is 1. The van der Waals surface area contributed by atoms with Gasteiger partial charge in [-0.25, -0.2) is 9.71 Å². The smallest absolute Gasteiger partial charge is 0.346 e. The molecule has 1 aliphatic heterocycles. The van der Waals surface area contributed by atoms with Crippen molar-refractivity contribution in [1.29, 1.82) is 0 Å². The molecule has 2 heterocycles. The van der Waals surface area contributed by atoms with E-state index < -0.39 is 34.1 Å². The van der Waals surface area contributed by atoms with E-state index in [1.165, 1.54) is 18.2 Å². The standard InChI is InChI=1S/C21H32N6O4S/c1-13-10-11-16(24-18(13)15-7-4-3-5-8-15)19(23)25-32(30,31)26-20(28)17-9-6-12-27(17)21(29)14(2)22/h10-11,14-15,17H,3-9,12,22H2,1-2H3,(H2,23,25)(H,26,28)/t14-,17-/m0/s1. The van der Waals surface area contributed by atoms with Gasteiger partial charge in [-0.2, -0.15) is 8.42 Å². The number of amidine groups is 1. The van der Waals surface area contributed by atoms with Gasteiger partial charge in [0.1, 0.15) is 11.7 Å². The maximum atomic E-state index is 12.6. The van der Waals surface area contributed by atoms with Gasteiger partial charge in [0.25, 0.3) is 5.91 Å². The molecule has 0 unspecified atom stereocenters. The zero-order valence-corrected chi connectivity index (χ0v) is 19.4. The topological polar surface area (TPSA) is 161 Å². The van der Waals surface area contributed by atoms with Crippen LogP contribution in [0.15, 0.2) is 16.5 Å². The molecular weight excluding hydrogens is 432 g/mol. The summed E-state index contributed by atoms with van der Waals surface area (Å²) in [5.41, 5.74) is 13.8. The molecule has 1 aromatic rings. The Hall–Kier alpha value is -2.53. The van der Waals surface area contributed by atoms with Crippen molar-refractivity contribution in [1.82, 2.24) is 14.6 Å². The second-order valence-electron chi connectivity index (χ2n) is 8.63. The van der Waals surface area contributed by atoms with Crippen LogP contribution in [-0.4, -0.2) is 54.6 Å².